The fourth-order valence-electron chi connectivity index (χ4n) is 4.83. The molecule has 6 heteroatoms. The molecule has 0 saturated carbocycles. The van der Waals surface area contributed by atoms with Crippen molar-refractivity contribution in [3.63, 3.8) is 0 Å². The minimum absolute atomic E-state index is 0.556. The monoisotopic (exact) mass is 476 g/mol. The zero-order valence-corrected chi connectivity index (χ0v) is 20.3. The van der Waals surface area contributed by atoms with Gasteiger partial charge < -0.3 is 4.57 Å². The molecule has 0 bridgehead atoms. The van der Waals surface area contributed by atoms with Gasteiger partial charge in [-0.1, -0.05) is 54.6 Å². The van der Waals surface area contributed by atoms with E-state index in [1.54, 1.807) is 0 Å². The lowest BCUT2D eigenvalue weighted by Crippen LogP contribution is -2.02. The van der Waals surface area contributed by atoms with Crippen LogP contribution in [0.3, 0.4) is 0 Å². The Labute approximate surface area is 213 Å². The molecule has 6 nitrogen and oxygen atoms in total. The van der Waals surface area contributed by atoms with Crippen LogP contribution < -0.4 is 0 Å². The predicted octanol–water partition coefficient (Wildman–Crippen LogP) is 7.34. The molecule has 0 aliphatic heterocycles. The van der Waals surface area contributed by atoms with Crippen LogP contribution in [-0.2, 0) is 0 Å². The molecule has 0 fully saturated rings. The van der Waals surface area contributed by atoms with E-state index < -0.39 is 0 Å². The lowest BCUT2D eigenvalue weighted by atomic mass is 10.0. The number of fused-ring (bicyclic) bond motifs is 3. The van der Waals surface area contributed by atoms with Gasteiger partial charge in [0.15, 0.2) is 11.5 Å². The van der Waals surface area contributed by atoms with Crippen LogP contribution in [0.4, 0.5) is 5.69 Å². The zero-order chi connectivity index (χ0) is 25.5. The molecule has 0 unspecified atom stereocenters. The van der Waals surface area contributed by atoms with E-state index in [4.69, 9.17) is 6.57 Å². The van der Waals surface area contributed by atoms with E-state index >= 15 is 0 Å². The lowest BCUT2D eigenvalue weighted by molar-refractivity contribution is 0.928. The SMILES string of the molecule is [C-]#[N+]c1ccc(-c2ccc3c4ccccc4n(-c4cc(-c5nc(C)nc(C)n5)ccc4C#N)c3c2)cc1. The lowest BCUT2D eigenvalue weighted by Gasteiger charge is -2.13. The fourth-order valence-corrected chi connectivity index (χ4v) is 4.83. The van der Waals surface area contributed by atoms with Crippen molar-refractivity contribution in [3.05, 3.63) is 114 Å². The van der Waals surface area contributed by atoms with E-state index in [2.05, 4.69) is 60.8 Å². The number of nitrogens with zero attached hydrogens (tertiary/aromatic N) is 6. The second-order valence-electron chi connectivity index (χ2n) is 8.84. The van der Waals surface area contributed by atoms with Gasteiger partial charge in [-0.15, -0.1) is 0 Å². The van der Waals surface area contributed by atoms with Crippen molar-refractivity contribution in [1.29, 1.82) is 5.26 Å². The summed E-state index contributed by atoms with van der Waals surface area (Å²) in [6.07, 6.45) is 0. The van der Waals surface area contributed by atoms with Crippen LogP contribution in [0.2, 0.25) is 0 Å². The summed E-state index contributed by atoms with van der Waals surface area (Å²) in [7, 11) is 0. The van der Waals surface area contributed by atoms with E-state index in [-0.39, 0.29) is 0 Å². The molecule has 37 heavy (non-hydrogen) atoms. The van der Waals surface area contributed by atoms with E-state index in [0.717, 1.165) is 44.2 Å². The maximum Gasteiger partial charge on any atom is 0.187 e. The molecule has 2 heterocycles. The summed E-state index contributed by atoms with van der Waals surface area (Å²) < 4.78 is 2.14. The number of nitriles is 1. The molecule has 4 aromatic carbocycles. The standard InChI is InChI=1S/C31H20N6/c1-19-34-20(2)36-31(35-19)23-8-9-24(18-32)29(17-23)37-28-7-5-4-6-26(28)27-15-12-22(16-30(27)37)21-10-13-25(33-3)14-11-21/h4-17H,1-2H3. The third-order valence-electron chi connectivity index (χ3n) is 6.48. The Kier molecular flexibility index (Phi) is 5.22. The summed E-state index contributed by atoms with van der Waals surface area (Å²) in [4.78, 5) is 16.9. The van der Waals surface area contributed by atoms with Gasteiger partial charge in [-0.2, -0.15) is 5.26 Å². The van der Waals surface area contributed by atoms with Crippen LogP contribution in [0, 0.1) is 31.8 Å². The molecule has 0 amide bonds. The van der Waals surface area contributed by atoms with Crippen molar-refractivity contribution in [2.24, 2.45) is 0 Å². The Morgan fingerprint density at radius 1 is 0.730 bits per heavy atom. The average molecular weight is 477 g/mol. The van der Waals surface area contributed by atoms with Crippen LogP contribution in [0.25, 0.3) is 54.9 Å². The average Bonchev–Trinajstić information content (AvgIpc) is 3.25. The third kappa shape index (κ3) is 3.78. The van der Waals surface area contributed by atoms with Crippen LogP contribution >= 0.6 is 0 Å². The molecule has 0 radical (unpaired) electrons. The Morgan fingerprint density at radius 3 is 2.14 bits per heavy atom. The summed E-state index contributed by atoms with van der Waals surface area (Å²) in [5.74, 6) is 1.88. The molecule has 0 saturated heterocycles. The molecule has 6 aromatic rings. The van der Waals surface area contributed by atoms with Gasteiger partial charge in [0.25, 0.3) is 0 Å². The third-order valence-corrected chi connectivity index (χ3v) is 6.48. The van der Waals surface area contributed by atoms with E-state index in [1.807, 2.05) is 68.4 Å². The largest absolute Gasteiger partial charge is 0.308 e. The van der Waals surface area contributed by atoms with Gasteiger partial charge in [0.05, 0.1) is 28.9 Å². The van der Waals surface area contributed by atoms with Gasteiger partial charge in [-0.05, 0) is 55.3 Å². The maximum absolute atomic E-state index is 10.1. The zero-order valence-electron chi connectivity index (χ0n) is 20.3. The Morgan fingerprint density at radius 2 is 1.41 bits per heavy atom. The molecule has 6 rings (SSSR count). The molecule has 174 valence electrons. The Hall–Kier alpha value is -5.33. The van der Waals surface area contributed by atoms with Crippen molar-refractivity contribution >= 4 is 27.5 Å². The summed E-state index contributed by atoms with van der Waals surface area (Å²) in [5.41, 5.74) is 6.81. The highest BCUT2D eigenvalue weighted by Gasteiger charge is 2.17. The Balaban J connectivity index is 1.64. The molecule has 2 aromatic heterocycles. The quantitative estimate of drug-likeness (QED) is 0.251. The molecule has 0 spiro atoms. The first-order chi connectivity index (χ1) is 18.1. The smallest absolute Gasteiger partial charge is 0.187 e. The van der Waals surface area contributed by atoms with Gasteiger partial charge >= 0.3 is 0 Å². The second kappa shape index (κ2) is 8.71. The molecular weight excluding hydrogens is 456 g/mol. The van der Waals surface area contributed by atoms with Gasteiger partial charge in [0.2, 0.25) is 0 Å². The number of aryl methyl sites for hydroxylation is 2. The van der Waals surface area contributed by atoms with E-state index in [0.29, 0.717) is 28.7 Å². The van der Waals surface area contributed by atoms with Crippen molar-refractivity contribution in [2.75, 3.05) is 0 Å². The molecule has 0 N–H and O–H groups in total. The topological polar surface area (TPSA) is 71.8 Å². The number of hydrogen-bond donors (Lipinski definition) is 0. The fraction of sp³-hybridized carbons (Fsp3) is 0.0645. The van der Waals surface area contributed by atoms with Gasteiger partial charge in [0, 0.05) is 16.3 Å². The van der Waals surface area contributed by atoms with Gasteiger partial charge in [-0.25, -0.2) is 19.8 Å². The molecule has 0 aliphatic carbocycles. The highest BCUT2D eigenvalue weighted by Crippen LogP contribution is 2.36. The van der Waals surface area contributed by atoms with Crippen molar-refractivity contribution in [2.45, 2.75) is 13.8 Å². The Bertz CT molecular complexity index is 1900. The number of para-hydroxylation sites is 1. The van der Waals surface area contributed by atoms with E-state index in [9.17, 15) is 5.26 Å². The van der Waals surface area contributed by atoms with Crippen molar-refractivity contribution in [3.8, 4) is 34.3 Å². The molecular formula is C31H20N6. The van der Waals surface area contributed by atoms with Crippen molar-refractivity contribution < 1.29 is 0 Å². The van der Waals surface area contributed by atoms with Crippen LogP contribution in [-0.4, -0.2) is 19.5 Å². The number of rotatable bonds is 3. The number of benzene rings is 4. The minimum atomic E-state index is 0.556. The van der Waals surface area contributed by atoms with Crippen LogP contribution in [0.1, 0.15) is 17.2 Å². The second-order valence-corrected chi connectivity index (χ2v) is 8.84. The first-order valence-electron chi connectivity index (χ1n) is 11.8. The number of aromatic nitrogens is 4. The normalized spacial score (nSPS) is 10.9. The summed E-state index contributed by atoms with van der Waals surface area (Å²) in [5, 5.41) is 12.3. The minimum Gasteiger partial charge on any atom is -0.308 e. The highest BCUT2D eigenvalue weighted by atomic mass is 15.0. The van der Waals surface area contributed by atoms with Gasteiger partial charge in [-0.3, -0.25) is 0 Å². The first-order valence-corrected chi connectivity index (χ1v) is 11.8. The predicted molar refractivity (Wildman–Crippen MR) is 145 cm³/mol. The highest BCUT2D eigenvalue weighted by molar-refractivity contribution is 6.10. The van der Waals surface area contributed by atoms with Crippen LogP contribution in [0.5, 0.6) is 0 Å². The van der Waals surface area contributed by atoms with Crippen LogP contribution in [0.15, 0.2) is 84.9 Å². The molecule has 0 aliphatic rings. The summed E-state index contributed by atoms with van der Waals surface area (Å²) in [6.45, 7) is 10.9. The number of hydrogen-bond acceptors (Lipinski definition) is 4. The summed E-state index contributed by atoms with van der Waals surface area (Å²) >= 11 is 0. The summed E-state index contributed by atoms with van der Waals surface area (Å²) in [6, 6.07) is 30.2. The van der Waals surface area contributed by atoms with Gasteiger partial charge in [0.1, 0.15) is 17.7 Å². The van der Waals surface area contributed by atoms with Crippen molar-refractivity contribution in [1.82, 2.24) is 19.5 Å². The maximum atomic E-state index is 10.1. The van der Waals surface area contributed by atoms with E-state index in [1.165, 1.54) is 0 Å². The molecule has 0 atom stereocenters. The first kappa shape index (κ1) is 22.2.